The molecule has 2 aromatic carbocycles. The predicted octanol–water partition coefficient (Wildman–Crippen LogP) is 5.47. The molecule has 0 aliphatic rings. The number of nitrogens with one attached hydrogen (secondary N) is 1. The molecular weight excluding hydrogens is 393 g/mol. The number of anilines is 1. The largest absolute Gasteiger partial charge is 0.496 e. The molecule has 144 valence electrons. The summed E-state index contributed by atoms with van der Waals surface area (Å²) in [6.45, 7) is 0. The van der Waals surface area contributed by atoms with Crippen LogP contribution in [0.1, 0.15) is 11.1 Å². The zero-order valence-corrected chi connectivity index (χ0v) is 15.3. The number of hydrogen-bond donors (Lipinski definition) is 1. The van der Waals surface area contributed by atoms with E-state index in [1.807, 2.05) is 0 Å². The first kappa shape index (κ1) is 21.1. The zero-order chi connectivity index (χ0) is 20.7. The van der Waals surface area contributed by atoms with Crippen LogP contribution >= 0.6 is 11.6 Å². The summed E-state index contributed by atoms with van der Waals surface area (Å²) >= 11 is 5.84. The summed E-state index contributed by atoms with van der Waals surface area (Å²) in [6, 6.07) is 11.3. The maximum atomic E-state index is 12.8. The number of amides is 1. The van der Waals surface area contributed by atoms with Crippen LogP contribution in [0.4, 0.5) is 18.9 Å². The Kier molecular flexibility index (Phi) is 6.85. The average Bonchev–Trinajstić information content (AvgIpc) is 2.66. The Bertz CT molecular complexity index is 976. The molecule has 0 unspecified atom stereocenters. The summed E-state index contributed by atoms with van der Waals surface area (Å²) in [5.41, 5.74) is -0.790. The van der Waals surface area contributed by atoms with Crippen molar-refractivity contribution in [3.63, 3.8) is 0 Å². The molecule has 4 nitrogen and oxygen atoms in total. The molecule has 0 saturated carbocycles. The fourth-order valence-corrected chi connectivity index (χ4v) is 2.37. The van der Waals surface area contributed by atoms with Gasteiger partial charge in [0.1, 0.15) is 17.4 Å². The van der Waals surface area contributed by atoms with Gasteiger partial charge in [-0.1, -0.05) is 42.0 Å². The van der Waals surface area contributed by atoms with Gasteiger partial charge in [0.15, 0.2) is 0 Å². The summed E-state index contributed by atoms with van der Waals surface area (Å²) in [7, 11) is 1.51. The maximum Gasteiger partial charge on any atom is 0.416 e. The Labute approximate surface area is 164 Å². The van der Waals surface area contributed by atoms with Crippen LogP contribution in [0, 0.1) is 11.3 Å². The van der Waals surface area contributed by atoms with Gasteiger partial charge < -0.3 is 10.1 Å². The minimum atomic E-state index is -4.59. The average molecular weight is 407 g/mol. The molecule has 0 radical (unpaired) electrons. The smallest absolute Gasteiger partial charge is 0.416 e. The molecule has 1 amide bonds. The number of nitriles is 1. The van der Waals surface area contributed by atoms with Crippen LogP contribution in [0.15, 0.2) is 60.2 Å². The number of halogens is 4. The van der Waals surface area contributed by atoms with Crippen molar-refractivity contribution >= 4 is 29.3 Å². The lowest BCUT2D eigenvalue weighted by Gasteiger charge is -2.11. The summed E-state index contributed by atoms with van der Waals surface area (Å²) in [5, 5.41) is 11.3. The van der Waals surface area contributed by atoms with E-state index in [1.165, 1.54) is 19.3 Å². The number of alkyl halides is 3. The van der Waals surface area contributed by atoms with Gasteiger partial charge in [0, 0.05) is 5.56 Å². The number of para-hydroxylation sites is 1. The van der Waals surface area contributed by atoms with Crippen molar-refractivity contribution in [2.24, 2.45) is 0 Å². The van der Waals surface area contributed by atoms with Gasteiger partial charge in [0.25, 0.3) is 5.91 Å². The number of carbonyl (C=O) groups excluding carboxylic acids is 1. The molecule has 0 aliphatic carbocycles. The third-order valence-corrected chi connectivity index (χ3v) is 3.91. The molecule has 0 fully saturated rings. The third-order valence-electron chi connectivity index (χ3n) is 3.58. The molecule has 8 heteroatoms. The van der Waals surface area contributed by atoms with Crippen molar-refractivity contribution in [1.82, 2.24) is 0 Å². The van der Waals surface area contributed by atoms with Crippen LogP contribution in [-0.4, -0.2) is 13.0 Å². The van der Waals surface area contributed by atoms with Gasteiger partial charge in [0.2, 0.25) is 0 Å². The van der Waals surface area contributed by atoms with Crippen LogP contribution in [0.5, 0.6) is 5.75 Å². The Balaban J connectivity index is 2.21. The number of methoxy groups -OCH3 is 1. The number of hydrogen-bond acceptors (Lipinski definition) is 3. The monoisotopic (exact) mass is 406 g/mol. The van der Waals surface area contributed by atoms with E-state index in [0.717, 1.165) is 17.7 Å². The number of nitrogens with zero attached hydrogens (tertiary/aromatic N) is 1. The Hall–Kier alpha value is -3.24. The van der Waals surface area contributed by atoms with Crippen molar-refractivity contribution in [3.8, 4) is 11.8 Å². The lowest BCUT2D eigenvalue weighted by Crippen LogP contribution is -2.15. The van der Waals surface area contributed by atoms with Gasteiger partial charge in [-0.2, -0.15) is 18.4 Å². The van der Waals surface area contributed by atoms with E-state index in [4.69, 9.17) is 16.3 Å². The Morgan fingerprint density at radius 2 is 1.96 bits per heavy atom. The number of carbonyl (C=O) groups is 1. The minimum Gasteiger partial charge on any atom is -0.496 e. The first-order valence-corrected chi connectivity index (χ1v) is 8.23. The summed E-state index contributed by atoms with van der Waals surface area (Å²) < 4.78 is 43.6. The van der Waals surface area contributed by atoms with Crippen LogP contribution in [0.25, 0.3) is 6.08 Å². The van der Waals surface area contributed by atoms with E-state index in [-0.39, 0.29) is 16.3 Å². The predicted molar refractivity (Wildman–Crippen MR) is 101 cm³/mol. The SMILES string of the molecule is COc1ccccc1/C=C/C=C(\C#N)C(=O)Nc1cc(C(F)(F)F)ccc1Cl. The summed E-state index contributed by atoms with van der Waals surface area (Å²) in [4.78, 5) is 12.2. The first-order valence-electron chi connectivity index (χ1n) is 7.86. The lowest BCUT2D eigenvalue weighted by atomic mass is 10.1. The van der Waals surface area contributed by atoms with E-state index in [2.05, 4.69) is 5.32 Å². The van der Waals surface area contributed by atoms with E-state index in [0.29, 0.717) is 11.8 Å². The van der Waals surface area contributed by atoms with E-state index < -0.39 is 17.6 Å². The highest BCUT2D eigenvalue weighted by Gasteiger charge is 2.31. The van der Waals surface area contributed by atoms with E-state index >= 15 is 0 Å². The normalized spacial score (nSPS) is 11.9. The molecule has 2 rings (SSSR count). The topological polar surface area (TPSA) is 62.1 Å². The number of rotatable bonds is 5. The van der Waals surface area contributed by atoms with Crippen molar-refractivity contribution in [1.29, 1.82) is 5.26 Å². The molecule has 28 heavy (non-hydrogen) atoms. The van der Waals surface area contributed by atoms with Gasteiger partial charge in [-0.05, 0) is 30.3 Å². The maximum absolute atomic E-state index is 12.8. The highest BCUT2D eigenvalue weighted by molar-refractivity contribution is 6.34. The fraction of sp³-hybridized carbons (Fsp3) is 0.100. The molecule has 1 N–H and O–H groups in total. The summed E-state index contributed by atoms with van der Waals surface area (Å²) in [5.74, 6) is -0.278. The van der Waals surface area contributed by atoms with Crippen molar-refractivity contribution in [2.75, 3.05) is 12.4 Å². The molecule has 0 bridgehead atoms. The number of benzene rings is 2. The molecule has 0 aliphatic heterocycles. The second kappa shape index (κ2) is 9.11. The van der Waals surface area contributed by atoms with E-state index in [1.54, 1.807) is 36.4 Å². The lowest BCUT2D eigenvalue weighted by molar-refractivity contribution is -0.137. The van der Waals surface area contributed by atoms with Gasteiger partial charge in [-0.15, -0.1) is 0 Å². The van der Waals surface area contributed by atoms with Gasteiger partial charge >= 0.3 is 6.18 Å². The standard InChI is InChI=1S/C20H14ClF3N2O2/c1-28-18-8-3-2-5-13(18)6-4-7-14(12-25)19(27)26-17-11-15(20(22,23)24)9-10-16(17)21/h2-11H,1H3,(H,26,27)/b6-4+,14-7+. The van der Waals surface area contributed by atoms with E-state index in [9.17, 15) is 23.2 Å². The number of allylic oxidation sites excluding steroid dienone is 2. The second-order valence-electron chi connectivity index (χ2n) is 5.44. The zero-order valence-electron chi connectivity index (χ0n) is 14.5. The van der Waals surface area contributed by atoms with Crippen LogP contribution < -0.4 is 10.1 Å². The molecule has 2 aromatic rings. The highest BCUT2D eigenvalue weighted by atomic mass is 35.5. The molecule has 0 spiro atoms. The minimum absolute atomic E-state index is 0.0804. The Morgan fingerprint density at radius 1 is 1.25 bits per heavy atom. The molecule has 0 aromatic heterocycles. The highest BCUT2D eigenvalue weighted by Crippen LogP contribution is 2.34. The van der Waals surface area contributed by atoms with Gasteiger partial charge in [0.05, 0.1) is 23.4 Å². The van der Waals surface area contributed by atoms with Gasteiger partial charge in [-0.25, -0.2) is 0 Å². The fourth-order valence-electron chi connectivity index (χ4n) is 2.20. The molecular formula is C20H14ClF3N2O2. The third kappa shape index (κ3) is 5.38. The molecule has 0 atom stereocenters. The Morgan fingerprint density at radius 3 is 2.61 bits per heavy atom. The molecule has 0 heterocycles. The first-order chi connectivity index (χ1) is 13.3. The van der Waals surface area contributed by atoms with Crippen LogP contribution in [0.3, 0.4) is 0 Å². The quantitative estimate of drug-likeness (QED) is 0.407. The van der Waals surface area contributed by atoms with Crippen molar-refractivity contribution < 1.29 is 22.7 Å². The second-order valence-corrected chi connectivity index (χ2v) is 5.85. The van der Waals surface area contributed by atoms with Gasteiger partial charge in [-0.3, -0.25) is 4.79 Å². The van der Waals surface area contributed by atoms with Crippen LogP contribution in [0.2, 0.25) is 5.02 Å². The van der Waals surface area contributed by atoms with Crippen molar-refractivity contribution in [2.45, 2.75) is 6.18 Å². The van der Waals surface area contributed by atoms with Crippen molar-refractivity contribution in [3.05, 3.63) is 76.3 Å². The molecule has 0 saturated heterocycles. The van der Waals surface area contributed by atoms with Crippen LogP contribution in [-0.2, 0) is 11.0 Å². The summed E-state index contributed by atoms with van der Waals surface area (Å²) in [6.07, 6.45) is -0.261. The number of ether oxygens (including phenoxy) is 1.